The molecule has 0 spiro atoms. The van der Waals surface area contributed by atoms with Crippen LogP contribution >= 0.6 is 23.4 Å². The Morgan fingerprint density at radius 2 is 1.95 bits per heavy atom. The zero-order valence-corrected chi connectivity index (χ0v) is 11.4. The van der Waals surface area contributed by atoms with E-state index in [4.69, 9.17) is 11.6 Å². The lowest BCUT2D eigenvalue weighted by Gasteiger charge is -2.39. The molecule has 1 fully saturated rings. The molecule has 0 radical (unpaired) electrons. The van der Waals surface area contributed by atoms with Crippen molar-refractivity contribution in [2.24, 2.45) is 0 Å². The number of alkyl halides is 1. The molecule has 19 heavy (non-hydrogen) atoms. The number of rotatable bonds is 5. The Morgan fingerprint density at radius 3 is 2.37 bits per heavy atom. The summed E-state index contributed by atoms with van der Waals surface area (Å²) in [7, 11) is 0. The summed E-state index contributed by atoms with van der Waals surface area (Å²) in [5.41, 5.74) is -0.500. The van der Waals surface area contributed by atoms with Crippen LogP contribution in [0.15, 0.2) is 23.1 Å². The van der Waals surface area contributed by atoms with Crippen molar-refractivity contribution in [1.29, 1.82) is 0 Å². The first-order valence-corrected chi connectivity index (χ1v) is 7.00. The van der Waals surface area contributed by atoms with Crippen LogP contribution in [-0.2, 0) is 0 Å². The molecule has 0 aromatic heterocycles. The van der Waals surface area contributed by atoms with Gasteiger partial charge in [-0.25, -0.2) is 0 Å². The fourth-order valence-electron chi connectivity index (χ4n) is 1.92. The number of hydrogen-bond donors (Lipinski definition) is 0. The second-order valence-electron chi connectivity index (χ2n) is 4.44. The van der Waals surface area contributed by atoms with E-state index in [9.17, 15) is 20.2 Å². The minimum atomic E-state index is -0.637. The number of nitrogens with zero attached hydrogens (tertiary/aromatic N) is 2. The van der Waals surface area contributed by atoms with Crippen LogP contribution in [0.1, 0.15) is 19.3 Å². The highest BCUT2D eigenvalue weighted by molar-refractivity contribution is 8.01. The van der Waals surface area contributed by atoms with Crippen LogP contribution in [0.3, 0.4) is 0 Å². The molecule has 1 aliphatic carbocycles. The summed E-state index contributed by atoms with van der Waals surface area (Å²) < 4.78 is -0.164. The van der Waals surface area contributed by atoms with Crippen LogP contribution < -0.4 is 0 Å². The largest absolute Gasteiger partial charge is 0.289 e. The van der Waals surface area contributed by atoms with Crippen molar-refractivity contribution in [3.63, 3.8) is 0 Å². The molecule has 0 saturated heterocycles. The summed E-state index contributed by atoms with van der Waals surface area (Å²) in [6.45, 7) is 0. The van der Waals surface area contributed by atoms with E-state index in [1.165, 1.54) is 23.9 Å². The van der Waals surface area contributed by atoms with Gasteiger partial charge in [0, 0.05) is 16.7 Å². The molecule has 1 aromatic carbocycles. The van der Waals surface area contributed by atoms with Gasteiger partial charge in [0.05, 0.1) is 20.8 Å². The zero-order valence-electron chi connectivity index (χ0n) is 9.87. The number of halogens is 1. The third-order valence-electron chi connectivity index (χ3n) is 3.18. The molecular weight excluding hydrogens is 292 g/mol. The summed E-state index contributed by atoms with van der Waals surface area (Å²) >= 11 is 7.28. The minimum Gasteiger partial charge on any atom is -0.258 e. The maximum atomic E-state index is 11.0. The summed E-state index contributed by atoms with van der Waals surface area (Å²) in [5.74, 6) is 0.422. The monoisotopic (exact) mass is 302 g/mol. The van der Waals surface area contributed by atoms with Crippen molar-refractivity contribution in [3.05, 3.63) is 38.4 Å². The van der Waals surface area contributed by atoms with Crippen molar-refractivity contribution in [3.8, 4) is 0 Å². The van der Waals surface area contributed by atoms with Crippen LogP contribution in [0.2, 0.25) is 0 Å². The normalized spacial score (nSPS) is 16.7. The number of thioether (sulfide) groups is 1. The Kier molecular flexibility index (Phi) is 3.96. The van der Waals surface area contributed by atoms with E-state index in [1.807, 2.05) is 0 Å². The predicted octanol–water partition coefficient (Wildman–Crippen LogP) is 3.76. The molecule has 1 aliphatic rings. The second kappa shape index (κ2) is 5.34. The van der Waals surface area contributed by atoms with Crippen LogP contribution in [0, 0.1) is 20.2 Å². The van der Waals surface area contributed by atoms with E-state index in [1.54, 1.807) is 0 Å². The molecule has 1 saturated carbocycles. The van der Waals surface area contributed by atoms with Crippen molar-refractivity contribution >= 4 is 34.7 Å². The molecule has 0 N–H and O–H groups in total. The molecule has 0 atom stereocenters. The average Bonchev–Trinajstić information content (AvgIpc) is 2.33. The predicted molar refractivity (Wildman–Crippen MR) is 72.9 cm³/mol. The van der Waals surface area contributed by atoms with Crippen molar-refractivity contribution in [2.75, 3.05) is 5.88 Å². The number of hydrogen-bond acceptors (Lipinski definition) is 5. The third kappa shape index (κ3) is 2.82. The van der Waals surface area contributed by atoms with Gasteiger partial charge in [0.2, 0.25) is 0 Å². The van der Waals surface area contributed by atoms with Gasteiger partial charge < -0.3 is 0 Å². The highest BCUT2D eigenvalue weighted by Crippen LogP contribution is 2.50. The van der Waals surface area contributed by atoms with E-state index in [0.29, 0.717) is 10.8 Å². The molecule has 0 heterocycles. The Morgan fingerprint density at radius 1 is 1.26 bits per heavy atom. The van der Waals surface area contributed by atoms with Crippen LogP contribution in [-0.4, -0.2) is 20.5 Å². The quantitative estimate of drug-likeness (QED) is 0.469. The highest BCUT2D eigenvalue weighted by atomic mass is 35.5. The molecule has 0 bridgehead atoms. The van der Waals surface area contributed by atoms with E-state index < -0.39 is 9.85 Å². The van der Waals surface area contributed by atoms with Crippen LogP contribution in [0.4, 0.5) is 11.4 Å². The van der Waals surface area contributed by atoms with E-state index in [0.717, 1.165) is 25.3 Å². The van der Waals surface area contributed by atoms with Crippen molar-refractivity contribution in [2.45, 2.75) is 28.9 Å². The first-order chi connectivity index (χ1) is 8.97. The second-order valence-corrected chi connectivity index (χ2v) is 6.22. The lowest BCUT2D eigenvalue weighted by molar-refractivity contribution is -0.396. The van der Waals surface area contributed by atoms with Crippen LogP contribution in [0.5, 0.6) is 0 Å². The van der Waals surface area contributed by atoms with Crippen molar-refractivity contribution < 1.29 is 9.85 Å². The Hall–Kier alpha value is -1.34. The van der Waals surface area contributed by atoms with Gasteiger partial charge in [-0.15, -0.1) is 23.4 Å². The standard InChI is InChI=1S/C11H11ClN2O4S/c12-7-11(4-1-5-11)19-10-3-2-8(13(15)16)6-9(10)14(17)18/h2-3,6H,1,4-5,7H2. The lowest BCUT2D eigenvalue weighted by Crippen LogP contribution is -2.35. The van der Waals surface area contributed by atoms with Crippen LogP contribution in [0.25, 0.3) is 0 Å². The van der Waals surface area contributed by atoms with Gasteiger partial charge in [-0.05, 0) is 18.9 Å². The molecule has 1 aromatic rings. The molecular formula is C11H11ClN2O4S. The molecule has 0 amide bonds. The van der Waals surface area contributed by atoms with Gasteiger partial charge in [0.1, 0.15) is 0 Å². The van der Waals surface area contributed by atoms with Gasteiger partial charge in [-0.1, -0.05) is 6.42 Å². The minimum absolute atomic E-state index is 0.164. The summed E-state index contributed by atoms with van der Waals surface area (Å²) in [5, 5.41) is 21.7. The zero-order chi connectivity index (χ0) is 14.0. The number of benzene rings is 1. The van der Waals surface area contributed by atoms with E-state index >= 15 is 0 Å². The highest BCUT2D eigenvalue weighted by Gasteiger charge is 2.39. The maximum absolute atomic E-state index is 11.0. The summed E-state index contributed by atoms with van der Waals surface area (Å²) in [6, 6.07) is 3.73. The molecule has 6 nitrogen and oxygen atoms in total. The fraction of sp³-hybridized carbons (Fsp3) is 0.455. The topological polar surface area (TPSA) is 86.3 Å². The molecule has 2 rings (SSSR count). The maximum Gasteiger partial charge on any atom is 0.289 e. The van der Waals surface area contributed by atoms with Gasteiger partial charge in [-0.2, -0.15) is 0 Å². The van der Waals surface area contributed by atoms with Gasteiger partial charge >= 0.3 is 0 Å². The molecule has 8 heteroatoms. The third-order valence-corrected chi connectivity index (χ3v) is 5.41. The Balaban J connectivity index is 2.34. The summed E-state index contributed by atoms with van der Waals surface area (Å²) in [6.07, 6.45) is 2.88. The fourth-order valence-corrected chi connectivity index (χ4v) is 3.73. The van der Waals surface area contributed by atoms with Gasteiger partial charge in [-0.3, -0.25) is 20.2 Å². The van der Waals surface area contributed by atoms with E-state index in [2.05, 4.69) is 0 Å². The first kappa shape index (κ1) is 14.1. The number of nitro benzene ring substituents is 2. The number of nitro groups is 2. The smallest absolute Gasteiger partial charge is 0.258 e. The van der Waals surface area contributed by atoms with Gasteiger partial charge in [0.15, 0.2) is 0 Å². The van der Waals surface area contributed by atoms with Gasteiger partial charge in [0.25, 0.3) is 11.4 Å². The average molecular weight is 303 g/mol. The Bertz CT molecular complexity index is 528. The van der Waals surface area contributed by atoms with Crippen molar-refractivity contribution in [1.82, 2.24) is 0 Å². The lowest BCUT2D eigenvalue weighted by atomic mass is 9.86. The summed E-state index contributed by atoms with van der Waals surface area (Å²) in [4.78, 5) is 20.9. The molecule has 0 unspecified atom stereocenters. The molecule has 0 aliphatic heterocycles. The number of non-ortho nitro benzene ring substituents is 1. The SMILES string of the molecule is O=[N+]([O-])c1ccc(SC2(CCl)CCC2)c([N+](=O)[O-])c1. The Labute approximate surface area is 118 Å². The first-order valence-electron chi connectivity index (χ1n) is 5.65. The van der Waals surface area contributed by atoms with E-state index in [-0.39, 0.29) is 16.1 Å². The molecule has 102 valence electrons.